The molecule has 0 atom stereocenters. The number of pyridine rings is 1. The number of likely N-dealkylation sites (tertiary alicyclic amines) is 1. The van der Waals surface area contributed by atoms with Crippen LogP contribution >= 0.6 is 0 Å². The van der Waals surface area contributed by atoms with Crippen molar-refractivity contribution < 1.29 is 9.84 Å². The summed E-state index contributed by atoms with van der Waals surface area (Å²) in [6.45, 7) is 3.97. The Labute approximate surface area is 131 Å². The molecule has 0 spiro atoms. The molecule has 0 amide bonds. The Kier molecular flexibility index (Phi) is 5.38. The molecule has 0 saturated carbocycles. The number of piperidine rings is 1. The normalized spacial score (nSPS) is 17.1. The smallest absolute Gasteiger partial charge is 0.0746 e. The maximum Gasteiger partial charge on any atom is 0.0746 e. The van der Waals surface area contributed by atoms with E-state index in [2.05, 4.69) is 34.1 Å². The summed E-state index contributed by atoms with van der Waals surface area (Å²) in [6.07, 6.45) is 5.11. The zero-order valence-corrected chi connectivity index (χ0v) is 12.9. The fourth-order valence-electron chi connectivity index (χ4n) is 3.08. The summed E-state index contributed by atoms with van der Waals surface area (Å²) < 4.78 is 5.79. The van der Waals surface area contributed by atoms with Crippen molar-refractivity contribution in [2.24, 2.45) is 0 Å². The van der Waals surface area contributed by atoms with Crippen LogP contribution in [0.4, 0.5) is 0 Å². The Balaban J connectivity index is 1.56. The standard InChI is InChI=1S/C18H24N2O2/c21-12-3-13-22-17-7-10-20(11-8-17)14-16-5-1-4-15-6-2-9-19-18(15)16/h1-2,4-6,9,17,21H,3,7-8,10-14H2. The molecule has 1 aliphatic rings. The third-order valence-corrected chi connectivity index (χ3v) is 4.30. The second-order valence-electron chi connectivity index (χ2n) is 5.92. The van der Waals surface area contributed by atoms with Gasteiger partial charge in [-0.05, 0) is 30.9 Å². The average Bonchev–Trinajstić information content (AvgIpc) is 2.57. The van der Waals surface area contributed by atoms with E-state index in [1.807, 2.05) is 12.3 Å². The van der Waals surface area contributed by atoms with Gasteiger partial charge >= 0.3 is 0 Å². The molecular weight excluding hydrogens is 276 g/mol. The third kappa shape index (κ3) is 3.83. The van der Waals surface area contributed by atoms with Gasteiger partial charge in [-0.15, -0.1) is 0 Å². The molecule has 2 aromatic rings. The van der Waals surface area contributed by atoms with Gasteiger partial charge in [-0.1, -0.05) is 24.3 Å². The lowest BCUT2D eigenvalue weighted by Crippen LogP contribution is -2.36. The Morgan fingerprint density at radius 2 is 2.00 bits per heavy atom. The van der Waals surface area contributed by atoms with Crippen LogP contribution in [0.25, 0.3) is 10.9 Å². The van der Waals surface area contributed by atoms with E-state index in [9.17, 15) is 0 Å². The number of nitrogens with zero attached hydrogens (tertiary/aromatic N) is 2. The van der Waals surface area contributed by atoms with Crippen LogP contribution in [0.15, 0.2) is 36.5 Å². The van der Waals surface area contributed by atoms with Crippen LogP contribution in [0.5, 0.6) is 0 Å². The number of para-hydroxylation sites is 1. The lowest BCUT2D eigenvalue weighted by Gasteiger charge is -2.32. The minimum atomic E-state index is 0.215. The van der Waals surface area contributed by atoms with E-state index < -0.39 is 0 Å². The summed E-state index contributed by atoms with van der Waals surface area (Å²) >= 11 is 0. The van der Waals surface area contributed by atoms with Crippen LogP contribution in [-0.4, -0.2) is 47.4 Å². The quantitative estimate of drug-likeness (QED) is 0.833. The number of aliphatic hydroxyl groups excluding tert-OH is 1. The second-order valence-corrected chi connectivity index (χ2v) is 5.92. The number of rotatable bonds is 6. The van der Waals surface area contributed by atoms with E-state index in [0.717, 1.165) is 44.4 Å². The van der Waals surface area contributed by atoms with Gasteiger partial charge in [0.05, 0.1) is 11.6 Å². The fourth-order valence-corrected chi connectivity index (χ4v) is 3.08. The number of aromatic nitrogens is 1. The minimum absolute atomic E-state index is 0.215. The van der Waals surface area contributed by atoms with Gasteiger partial charge in [-0.25, -0.2) is 0 Å². The maximum atomic E-state index is 8.79. The summed E-state index contributed by atoms with van der Waals surface area (Å²) in [5.74, 6) is 0. The highest BCUT2D eigenvalue weighted by Gasteiger charge is 2.20. The van der Waals surface area contributed by atoms with Gasteiger partial charge in [0.2, 0.25) is 0 Å². The number of benzene rings is 1. The van der Waals surface area contributed by atoms with E-state index in [-0.39, 0.29) is 6.61 Å². The van der Waals surface area contributed by atoms with E-state index in [1.54, 1.807) is 0 Å². The monoisotopic (exact) mass is 300 g/mol. The summed E-state index contributed by atoms with van der Waals surface area (Å²) in [5.41, 5.74) is 2.42. The van der Waals surface area contributed by atoms with Gasteiger partial charge < -0.3 is 9.84 Å². The van der Waals surface area contributed by atoms with E-state index in [1.165, 1.54) is 10.9 Å². The topological polar surface area (TPSA) is 45.6 Å². The van der Waals surface area contributed by atoms with Crippen molar-refractivity contribution >= 4 is 10.9 Å². The maximum absolute atomic E-state index is 8.79. The van der Waals surface area contributed by atoms with Crippen molar-refractivity contribution in [3.8, 4) is 0 Å². The van der Waals surface area contributed by atoms with Crippen molar-refractivity contribution in [3.05, 3.63) is 42.1 Å². The number of aliphatic hydroxyl groups is 1. The zero-order valence-electron chi connectivity index (χ0n) is 12.9. The van der Waals surface area contributed by atoms with Crippen molar-refractivity contribution in [3.63, 3.8) is 0 Å². The van der Waals surface area contributed by atoms with Crippen LogP contribution in [0.1, 0.15) is 24.8 Å². The van der Waals surface area contributed by atoms with Gasteiger partial charge in [0.15, 0.2) is 0 Å². The first kappa shape index (κ1) is 15.4. The van der Waals surface area contributed by atoms with Gasteiger partial charge in [-0.2, -0.15) is 0 Å². The molecule has 1 aromatic carbocycles. The Morgan fingerprint density at radius 1 is 1.18 bits per heavy atom. The molecule has 0 radical (unpaired) electrons. The van der Waals surface area contributed by atoms with Gasteiger partial charge in [0, 0.05) is 44.4 Å². The molecule has 1 aromatic heterocycles. The van der Waals surface area contributed by atoms with E-state index in [0.29, 0.717) is 12.7 Å². The van der Waals surface area contributed by atoms with Crippen LogP contribution in [0, 0.1) is 0 Å². The van der Waals surface area contributed by atoms with Crippen molar-refractivity contribution in [1.29, 1.82) is 0 Å². The predicted molar refractivity (Wildman–Crippen MR) is 87.7 cm³/mol. The van der Waals surface area contributed by atoms with Crippen LogP contribution < -0.4 is 0 Å². The molecule has 0 unspecified atom stereocenters. The van der Waals surface area contributed by atoms with Crippen molar-refractivity contribution in [1.82, 2.24) is 9.88 Å². The first-order valence-corrected chi connectivity index (χ1v) is 8.14. The average molecular weight is 300 g/mol. The molecule has 0 aliphatic carbocycles. The summed E-state index contributed by atoms with van der Waals surface area (Å²) in [4.78, 5) is 7.02. The van der Waals surface area contributed by atoms with Crippen molar-refractivity contribution in [2.75, 3.05) is 26.3 Å². The zero-order chi connectivity index (χ0) is 15.2. The highest BCUT2D eigenvalue weighted by atomic mass is 16.5. The SMILES string of the molecule is OCCCOC1CCN(Cc2cccc3cccnc23)CC1. The molecular formula is C18H24N2O2. The molecule has 1 saturated heterocycles. The molecule has 118 valence electrons. The van der Waals surface area contributed by atoms with Crippen LogP contribution in [-0.2, 0) is 11.3 Å². The number of hydrogen-bond acceptors (Lipinski definition) is 4. The Morgan fingerprint density at radius 3 is 2.82 bits per heavy atom. The molecule has 1 aliphatic heterocycles. The fraction of sp³-hybridized carbons (Fsp3) is 0.500. The predicted octanol–water partition coefficient (Wildman–Crippen LogP) is 2.60. The molecule has 3 rings (SSSR count). The van der Waals surface area contributed by atoms with E-state index in [4.69, 9.17) is 9.84 Å². The highest BCUT2D eigenvalue weighted by Crippen LogP contribution is 2.21. The van der Waals surface area contributed by atoms with Crippen LogP contribution in [0.2, 0.25) is 0 Å². The molecule has 22 heavy (non-hydrogen) atoms. The van der Waals surface area contributed by atoms with E-state index >= 15 is 0 Å². The first-order valence-electron chi connectivity index (χ1n) is 8.14. The molecule has 1 N–H and O–H groups in total. The summed E-state index contributed by atoms with van der Waals surface area (Å²) in [5, 5.41) is 10.0. The summed E-state index contributed by atoms with van der Waals surface area (Å²) in [6, 6.07) is 10.5. The molecule has 0 bridgehead atoms. The second kappa shape index (κ2) is 7.68. The first-order chi connectivity index (χ1) is 10.9. The molecule has 4 heteroatoms. The summed E-state index contributed by atoms with van der Waals surface area (Å²) in [7, 11) is 0. The lowest BCUT2D eigenvalue weighted by atomic mass is 10.1. The third-order valence-electron chi connectivity index (χ3n) is 4.30. The van der Waals surface area contributed by atoms with Crippen molar-refractivity contribution in [2.45, 2.75) is 31.9 Å². The number of fused-ring (bicyclic) bond motifs is 1. The Hall–Kier alpha value is -1.49. The molecule has 4 nitrogen and oxygen atoms in total. The molecule has 1 fully saturated rings. The van der Waals surface area contributed by atoms with Gasteiger partial charge in [-0.3, -0.25) is 9.88 Å². The largest absolute Gasteiger partial charge is 0.396 e. The lowest BCUT2D eigenvalue weighted by molar-refractivity contribution is 0.000850. The minimum Gasteiger partial charge on any atom is -0.396 e. The molecule has 2 heterocycles. The number of ether oxygens (including phenoxy) is 1. The highest BCUT2D eigenvalue weighted by molar-refractivity contribution is 5.81. The number of hydrogen-bond donors (Lipinski definition) is 1. The van der Waals surface area contributed by atoms with Gasteiger partial charge in [0.25, 0.3) is 0 Å². The van der Waals surface area contributed by atoms with Gasteiger partial charge in [0.1, 0.15) is 0 Å². The van der Waals surface area contributed by atoms with Crippen LogP contribution in [0.3, 0.4) is 0 Å². The Bertz CT molecular complexity index is 589.